The van der Waals surface area contributed by atoms with Crippen molar-refractivity contribution in [3.63, 3.8) is 0 Å². The van der Waals surface area contributed by atoms with Crippen LogP contribution in [0.15, 0.2) is 0 Å². The van der Waals surface area contributed by atoms with Crippen LogP contribution in [0.25, 0.3) is 0 Å². The van der Waals surface area contributed by atoms with Gasteiger partial charge in [0.05, 0.1) is 0 Å². The summed E-state index contributed by atoms with van der Waals surface area (Å²) < 4.78 is 0. The number of hydrogen-bond donors (Lipinski definition) is 1. The highest BCUT2D eigenvalue weighted by Crippen LogP contribution is 2.49. The Morgan fingerprint density at radius 3 is 2.56 bits per heavy atom. The third kappa shape index (κ3) is 3.07. The first kappa shape index (κ1) is 12.1. The summed E-state index contributed by atoms with van der Waals surface area (Å²) in [6, 6.07) is 0. The monoisotopic (exact) mass is 223 g/mol. The van der Waals surface area contributed by atoms with Crippen LogP contribution in [0.2, 0.25) is 0 Å². The van der Waals surface area contributed by atoms with E-state index in [2.05, 4.69) is 0 Å². The average molecular weight is 223 g/mol. The van der Waals surface area contributed by atoms with Crippen molar-refractivity contribution in [3.05, 3.63) is 0 Å². The molecular formula is C14H25NO. The van der Waals surface area contributed by atoms with E-state index in [1.807, 2.05) is 13.8 Å². The van der Waals surface area contributed by atoms with Crippen LogP contribution in [0.3, 0.4) is 0 Å². The van der Waals surface area contributed by atoms with Gasteiger partial charge in [0.15, 0.2) is 0 Å². The van der Waals surface area contributed by atoms with Crippen LogP contribution in [0.1, 0.15) is 58.8 Å². The lowest BCUT2D eigenvalue weighted by atomic mass is 9.84. The molecule has 3 unspecified atom stereocenters. The number of Topliss-reactive ketones (excluding diaryl/α,β-unsaturated/α-hetero) is 1. The zero-order valence-electron chi connectivity index (χ0n) is 10.7. The van der Waals surface area contributed by atoms with Gasteiger partial charge in [0, 0.05) is 18.4 Å². The van der Waals surface area contributed by atoms with Gasteiger partial charge in [-0.05, 0) is 57.3 Å². The fourth-order valence-corrected chi connectivity index (χ4v) is 3.48. The van der Waals surface area contributed by atoms with E-state index in [1.165, 1.54) is 25.7 Å². The Bertz CT molecular complexity index is 266. The molecule has 2 saturated carbocycles. The highest BCUT2D eigenvalue weighted by Gasteiger charge is 2.39. The molecule has 0 saturated heterocycles. The van der Waals surface area contributed by atoms with E-state index >= 15 is 0 Å². The van der Waals surface area contributed by atoms with Crippen LogP contribution in [0.4, 0.5) is 0 Å². The molecule has 92 valence electrons. The Labute approximate surface area is 99.0 Å². The summed E-state index contributed by atoms with van der Waals surface area (Å²) in [5, 5.41) is 0. The van der Waals surface area contributed by atoms with Gasteiger partial charge in [-0.15, -0.1) is 0 Å². The number of fused-ring (bicyclic) bond motifs is 2. The molecule has 0 aromatic heterocycles. The molecule has 0 spiro atoms. The Morgan fingerprint density at radius 1 is 1.31 bits per heavy atom. The van der Waals surface area contributed by atoms with Crippen molar-refractivity contribution in [3.8, 4) is 0 Å². The number of ketones is 1. The summed E-state index contributed by atoms with van der Waals surface area (Å²) in [5.74, 6) is 2.98. The van der Waals surface area contributed by atoms with Crippen molar-refractivity contribution < 1.29 is 4.79 Å². The quantitative estimate of drug-likeness (QED) is 0.778. The van der Waals surface area contributed by atoms with Crippen LogP contribution in [-0.4, -0.2) is 11.3 Å². The maximum Gasteiger partial charge on any atom is 0.133 e. The number of rotatable bonds is 5. The van der Waals surface area contributed by atoms with Crippen molar-refractivity contribution in [1.82, 2.24) is 0 Å². The number of hydrogen-bond acceptors (Lipinski definition) is 2. The van der Waals surface area contributed by atoms with Gasteiger partial charge < -0.3 is 5.73 Å². The Kier molecular flexibility index (Phi) is 3.39. The third-order valence-electron chi connectivity index (χ3n) is 4.42. The maximum absolute atomic E-state index is 11.9. The minimum absolute atomic E-state index is 0.190. The highest BCUT2D eigenvalue weighted by atomic mass is 16.1. The van der Waals surface area contributed by atoms with Gasteiger partial charge in [-0.1, -0.05) is 6.42 Å². The standard InChI is InChI=1S/C14H25NO/c1-14(2,15)6-5-13(16)9-12-8-10-3-4-11(12)7-10/h10-12H,3-9,15H2,1-2H3. The second kappa shape index (κ2) is 4.48. The van der Waals surface area contributed by atoms with E-state index in [4.69, 9.17) is 5.73 Å². The smallest absolute Gasteiger partial charge is 0.133 e. The van der Waals surface area contributed by atoms with Gasteiger partial charge in [-0.25, -0.2) is 0 Å². The molecule has 2 heteroatoms. The first-order valence-corrected chi connectivity index (χ1v) is 6.74. The molecular weight excluding hydrogens is 198 g/mol. The topological polar surface area (TPSA) is 43.1 Å². The van der Waals surface area contributed by atoms with Crippen LogP contribution in [0.5, 0.6) is 0 Å². The summed E-state index contributed by atoms with van der Waals surface area (Å²) in [6.45, 7) is 4.00. The molecule has 16 heavy (non-hydrogen) atoms. The molecule has 2 aliphatic rings. The van der Waals surface area contributed by atoms with Gasteiger partial charge in [0.2, 0.25) is 0 Å². The van der Waals surface area contributed by atoms with Gasteiger partial charge in [-0.2, -0.15) is 0 Å². The van der Waals surface area contributed by atoms with Crippen molar-refractivity contribution >= 4 is 5.78 Å². The summed E-state index contributed by atoms with van der Waals surface area (Å²) >= 11 is 0. The van der Waals surface area contributed by atoms with Crippen molar-refractivity contribution in [1.29, 1.82) is 0 Å². The second-order valence-corrected chi connectivity index (χ2v) is 6.67. The van der Waals surface area contributed by atoms with E-state index in [0.29, 0.717) is 18.1 Å². The van der Waals surface area contributed by atoms with Gasteiger partial charge in [-0.3, -0.25) is 4.79 Å². The molecule has 2 nitrogen and oxygen atoms in total. The zero-order valence-corrected chi connectivity index (χ0v) is 10.7. The maximum atomic E-state index is 11.9. The van der Waals surface area contributed by atoms with Gasteiger partial charge >= 0.3 is 0 Å². The van der Waals surface area contributed by atoms with E-state index in [9.17, 15) is 4.79 Å². The van der Waals surface area contributed by atoms with E-state index in [-0.39, 0.29) is 5.54 Å². The Morgan fingerprint density at radius 2 is 2.06 bits per heavy atom. The predicted molar refractivity (Wildman–Crippen MR) is 66.1 cm³/mol. The van der Waals surface area contributed by atoms with E-state index < -0.39 is 0 Å². The largest absolute Gasteiger partial charge is 0.326 e. The van der Waals surface area contributed by atoms with E-state index in [0.717, 1.165) is 24.7 Å². The fraction of sp³-hybridized carbons (Fsp3) is 0.929. The molecule has 2 bridgehead atoms. The molecule has 2 rings (SSSR count). The third-order valence-corrected chi connectivity index (χ3v) is 4.42. The van der Waals surface area contributed by atoms with Gasteiger partial charge in [0.25, 0.3) is 0 Å². The summed E-state index contributed by atoms with van der Waals surface area (Å²) in [4.78, 5) is 11.9. The fourth-order valence-electron chi connectivity index (χ4n) is 3.48. The second-order valence-electron chi connectivity index (χ2n) is 6.67. The zero-order chi connectivity index (χ0) is 11.8. The molecule has 3 atom stereocenters. The van der Waals surface area contributed by atoms with Crippen molar-refractivity contribution in [2.75, 3.05) is 0 Å². The minimum Gasteiger partial charge on any atom is -0.326 e. The summed E-state index contributed by atoms with van der Waals surface area (Å²) in [5.41, 5.74) is 5.71. The van der Waals surface area contributed by atoms with Gasteiger partial charge in [0.1, 0.15) is 5.78 Å². The molecule has 0 aromatic rings. The lowest BCUT2D eigenvalue weighted by Gasteiger charge is -2.22. The van der Waals surface area contributed by atoms with Crippen LogP contribution < -0.4 is 5.73 Å². The van der Waals surface area contributed by atoms with Crippen molar-refractivity contribution in [2.24, 2.45) is 23.5 Å². The summed E-state index contributed by atoms with van der Waals surface area (Å²) in [7, 11) is 0. The first-order chi connectivity index (χ1) is 7.44. The molecule has 0 aliphatic heterocycles. The molecule has 2 fully saturated rings. The Balaban J connectivity index is 1.72. The number of nitrogens with two attached hydrogens (primary N) is 1. The lowest BCUT2D eigenvalue weighted by molar-refractivity contribution is -0.120. The van der Waals surface area contributed by atoms with Crippen molar-refractivity contribution in [2.45, 2.75) is 64.3 Å². The molecule has 2 N–H and O–H groups in total. The molecule has 0 heterocycles. The average Bonchev–Trinajstić information content (AvgIpc) is 2.75. The predicted octanol–water partition coefficient (Wildman–Crippen LogP) is 2.90. The molecule has 0 radical (unpaired) electrons. The number of carbonyl (C=O) groups excluding carboxylic acids is 1. The normalized spacial score (nSPS) is 33.3. The van der Waals surface area contributed by atoms with Crippen LogP contribution in [-0.2, 0) is 4.79 Å². The summed E-state index contributed by atoms with van der Waals surface area (Å²) in [6.07, 6.45) is 7.86. The molecule has 0 aromatic carbocycles. The number of carbonyl (C=O) groups is 1. The molecule has 2 aliphatic carbocycles. The SMILES string of the molecule is CC(C)(N)CCC(=O)CC1CC2CCC1C2. The van der Waals surface area contributed by atoms with Crippen LogP contribution >= 0.6 is 0 Å². The van der Waals surface area contributed by atoms with E-state index in [1.54, 1.807) is 0 Å². The first-order valence-electron chi connectivity index (χ1n) is 6.74. The molecule has 0 amide bonds. The lowest BCUT2D eigenvalue weighted by Crippen LogP contribution is -2.32. The minimum atomic E-state index is -0.190. The Hall–Kier alpha value is -0.370. The van der Waals surface area contributed by atoms with Crippen LogP contribution in [0, 0.1) is 17.8 Å². The highest BCUT2D eigenvalue weighted by molar-refractivity contribution is 5.78.